The molecule has 1 aliphatic carbocycles. The average Bonchev–Trinajstić information content (AvgIpc) is 3.50. The number of hydrogen-bond acceptors (Lipinski definition) is 9. The number of nitrogens with two attached hydrogens (primary N) is 1. The highest BCUT2D eigenvalue weighted by atomic mass is 16.7. The van der Waals surface area contributed by atoms with Crippen LogP contribution < -0.4 is 20.5 Å². The molecule has 0 spiro atoms. The van der Waals surface area contributed by atoms with Crippen molar-refractivity contribution in [3.05, 3.63) is 47.0 Å². The number of cyclic esters (lactones) is 1. The molecule has 158 valence electrons. The van der Waals surface area contributed by atoms with Crippen molar-refractivity contribution in [3.63, 3.8) is 0 Å². The van der Waals surface area contributed by atoms with Crippen molar-refractivity contribution >= 4 is 23.3 Å². The zero-order chi connectivity index (χ0) is 21.4. The second kappa shape index (κ2) is 7.75. The van der Waals surface area contributed by atoms with Gasteiger partial charge in [0.25, 0.3) is 6.41 Å². The van der Waals surface area contributed by atoms with Gasteiger partial charge in [0.2, 0.25) is 0 Å². The van der Waals surface area contributed by atoms with Gasteiger partial charge in [-0.2, -0.15) is 0 Å². The number of fused-ring (bicyclic) bond motifs is 1. The number of aliphatic hydroxyl groups is 1. The first-order valence-corrected chi connectivity index (χ1v) is 9.40. The summed E-state index contributed by atoms with van der Waals surface area (Å²) in [4.78, 5) is 24.7. The van der Waals surface area contributed by atoms with E-state index in [1.165, 1.54) is 14.2 Å². The number of aliphatic hydroxyl groups excluding tert-OH is 1. The van der Waals surface area contributed by atoms with Gasteiger partial charge in [0.1, 0.15) is 22.6 Å². The molecule has 0 bridgehead atoms. The van der Waals surface area contributed by atoms with E-state index in [1.807, 2.05) is 6.07 Å². The van der Waals surface area contributed by atoms with Gasteiger partial charge < -0.3 is 35.1 Å². The minimum Gasteiger partial charge on any atom is -0.496 e. The third kappa shape index (κ3) is 3.48. The van der Waals surface area contributed by atoms with E-state index in [4.69, 9.17) is 24.7 Å². The molecule has 9 heteroatoms. The summed E-state index contributed by atoms with van der Waals surface area (Å²) in [5.41, 5.74) is 7.89. The van der Waals surface area contributed by atoms with Crippen LogP contribution in [0, 0.1) is 5.92 Å². The molecule has 1 saturated carbocycles. The maximum Gasteiger partial charge on any atom is 0.347 e. The Labute approximate surface area is 172 Å². The first-order chi connectivity index (χ1) is 14.4. The van der Waals surface area contributed by atoms with Crippen molar-refractivity contribution < 1.29 is 33.6 Å². The molecular formula is C21H22N2O7. The van der Waals surface area contributed by atoms with Gasteiger partial charge in [-0.1, -0.05) is 12.1 Å². The predicted octanol–water partition coefficient (Wildman–Crippen LogP) is 2.10. The van der Waals surface area contributed by atoms with Crippen LogP contribution in [0.3, 0.4) is 0 Å². The molecule has 30 heavy (non-hydrogen) atoms. The number of methoxy groups -OCH3 is 2. The summed E-state index contributed by atoms with van der Waals surface area (Å²) in [7, 11) is 2.93. The lowest BCUT2D eigenvalue weighted by Gasteiger charge is -2.25. The van der Waals surface area contributed by atoms with Crippen molar-refractivity contribution in [2.75, 3.05) is 31.9 Å². The number of carbonyl (C=O) groups is 2. The van der Waals surface area contributed by atoms with Crippen molar-refractivity contribution in [2.45, 2.75) is 18.8 Å². The fourth-order valence-electron chi connectivity index (χ4n) is 3.76. The first kappa shape index (κ1) is 19.8. The van der Waals surface area contributed by atoms with E-state index in [0.29, 0.717) is 17.2 Å². The molecule has 2 aromatic carbocycles. The first-order valence-electron chi connectivity index (χ1n) is 9.40. The lowest BCUT2D eigenvalue weighted by atomic mass is 10.0. The van der Waals surface area contributed by atoms with Crippen LogP contribution in [-0.2, 0) is 9.47 Å². The van der Waals surface area contributed by atoms with Crippen LogP contribution in [0.1, 0.15) is 38.6 Å². The molecule has 9 nitrogen and oxygen atoms in total. The highest BCUT2D eigenvalue weighted by Crippen LogP contribution is 2.52. The van der Waals surface area contributed by atoms with Gasteiger partial charge in [-0.15, -0.1) is 0 Å². The Morgan fingerprint density at radius 3 is 2.80 bits per heavy atom. The third-order valence-electron chi connectivity index (χ3n) is 5.33. The summed E-state index contributed by atoms with van der Waals surface area (Å²) in [5, 5.41) is 12.2. The van der Waals surface area contributed by atoms with Gasteiger partial charge in [-0.05, 0) is 36.1 Å². The Morgan fingerprint density at radius 2 is 2.07 bits per heavy atom. The Bertz CT molecular complexity index is 1010. The average molecular weight is 414 g/mol. The molecule has 2 aromatic rings. The van der Waals surface area contributed by atoms with E-state index < -0.39 is 18.4 Å². The number of hydrogen-bond donors (Lipinski definition) is 3. The molecule has 0 aromatic heterocycles. The number of anilines is 2. The van der Waals surface area contributed by atoms with Crippen LogP contribution >= 0.6 is 0 Å². The molecule has 1 aliphatic heterocycles. The lowest BCUT2D eigenvalue weighted by Crippen LogP contribution is -2.32. The van der Waals surface area contributed by atoms with Crippen LogP contribution in [0.5, 0.6) is 11.5 Å². The maximum absolute atomic E-state index is 12.5. The smallest absolute Gasteiger partial charge is 0.347 e. The predicted molar refractivity (Wildman–Crippen MR) is 107 cm³/mol. The fraction of sp³-hybridized carbons (Fsp3) is 0.333. The van der Waals surface area contributed by atoms with Gasteiger partial charge >= 0.3 is 11.9 Å². The van der Waals surface area contributed by atoms with E-state index in [1.54, 1.807) is 24.3 Å². The molecule has 1 fully saturated rings. The number of esters is 2. The summed E-state index contributed by atoms with van der Waals surface area (Å²) < 4.78 is 21.0. The second-order valence-corrected chi connectivity index (χ2v) is 7.14. The summed E-state index contributed by atoms with van der Waals surface area (Å²) in [6, 6.07) is 8.49. The Hall–Kier alpha value is -3.46. The highest BCUT2D eigenvalue weighted by Gasteiger charge is 2.43. The zero-order valence-corrected chi connectivity index (χ0v) is 16.5. The highest BCUT2D eigenvalue weighted by molar-refractivity contribution is 6.01. The van der Waals surface area contributed by atoms with Gasteiger partial charge in [-0.3, -0.25) is 0 Å². The number of benzene rings is 2. The zero-order valence-electron chi connectivity index (χ0n) is 16.5. The number of rotatable bonds is 6. The van der Waals surface area contributed by atoms with Crippen molar-refractivity contribution in [2.24, 2.45) is 5.92 Å². The molecule has 3 atom stereocenters. The summed E-state index contributed by atoms with van der Waals surface area (Å²) in [6.45, 7) is 0.197. The lowest BCUT2D eigenvalue weighted by molar-refractivity contribution is -0.0504. The standard InChI is InChI=1S/C21H22N2O7/c1-27-15-5-3-4-13(22)16(15)19(24)29-9-10-8-12(10)11-6-7-14-17(18(11)28-2)20(25)30-21(26)23-14/h3-7,10,12,21,23,26H,8-9,22H2,1-2H3/t10?,12-,21?/m0/s1. The van der Waals surface area contributed by atoms with Gasteiger partial charge in [0, 0.05) is 11.6 Å². The second-order valence-electron chi connectivity index (χ2n) is 7.14. The molecule has 4 rings (SSSR count). The minimum atomic E-state index is -1.39. The molecule has 4 N–H and O–H groups in total. The van der Waals surface area contributed by atoms with Crippen LogP contribution in [0.25, 0.3) is 0 Å². The van der Waals surface area contributed by atoms with Gasteiger partial charge in [0.15, 0.2) is 0 Å². The van der Waals surface area contributed by atoms with E-state index in [2.05, 4.69) is 5.32 Å². The van der Waals surface area contributed by atoms with Crippen LogP contribution in [0.4, 0.5) is 11.4 Å². The number of nitrogens with one attached hydrogen (secondary N) is 1. The summed E-state index contributed by atoms with van der Waals surface area (Å²) >= 11 is 0. The van der Waals surface area contributed by atoms with Crippen molar-refractivity contribution in [1.29, 1.82) is 0 Å². The SMILES string of the molecule is COc1cccc(N)c1C(=O)OCC1C[C@@H]1c1ccc2c(c1OC)C(=O)OC(O)N2. The third-order valence-corrected chi connectivity index (χ3v) is 5.33. The number of ether oxygens (including phenoxy) is 4. The fourth-order valence-corrected chi connectivity index (χ4v) is 3.76. The van der Waals surface area contributed by atoms with E-state index in [0.717, 1.165) is 12.0 Å². The number of nitrogen functional groups attached to an aromatic ring is 1. The maximum atomic E-state index is 12.5. The molecule has 2 unspecified atom stereocenters. The van der Waals surface area contributed by atoms with E-state index in [-0.39, 0.29) is 35.3 Å². The normalized spacial score (nSPS) is 21.7. The molecule has 0 amide bonds. The Kier molecular flexibility index (Phi) is 5.13. The molecule has 0 radical (unpaired) electrons. The Morgan fingerprint density at radius 1 is 1.27 bits per heavy atom. The molecule has 1 heterocycles. The molecule has 0 saturated heterocycles. The summed E-state index contributed by atoms with van der Waals surface area (Å²) in [6.07, 6.45) is -0.620. The van der Waals surface area contributed by atoms with Gasteiger partial charge in [0.05, 0.1) is 26.5 Å². The minimum absolute atomic E-state index is 0.0627. The molecule has 2 aliphatic rings. The Balaban J connectivity index is 1.48. The van der Waals surface area contributed by atoms with Crippen molar-refractivity contribution in [3.8, 4) is 11.5 Å². The monoisotopic (exact) mass is 414 g/mol. The summed E-state index contributed by atoms with van der Waals surface area (Å²) in [5.74, 6) is -0.315. The number of carbonyl (C=O) groups excluding carboxylic acids is 2. The van der Waals surface area contributed by atoms with E-state index in [9.17, 15) is 14.7 Å². The quantitative estimate of drug-likeness (QED) is 0.481. The molecular weight excluding hydrogens is 392 g/mol. The van der Waals surface area contributed by atoms with Crippen LogP contribution in [0.15, 0.2) is 30.3 Å². The van der Waals surface area contributed by atoms with E-state index >= 15 is 0 Å². The van der Waals surface area contributed by atoms with Gasteiger partial charge in [-0.25, -0.2) is 9.59 Å². The largest absolute Gasteiger partial charge is 0.496 e. The van der Waals surface area contributed by atoms with Crippen LogP contribution in [-0.4, -0.2) is 44.3 Å². The van der Waals surface area contributed by atoms with Crippen molar-refractivity contribution in [1.82, 2.24) is 0 Å². The topological polar surface area (TPSA) is 129 Å². The van der Waals surface area contributed by atoms with Crippen LogP contribution in [0.2, 0.25) is 0 Å².